The van der Waals surface area contributed by atoms with E-state index in [4.69, 9.17) is 42.1 Å². The number of carbonyl (C=O) groups excluding carboxylic acids is 1. The van der Waals surface area contributed by atoms with E-state index in [0.717, 1.165) is 62.3 Å². The van der Waals surface area contributed by atoms with Gasteiger partial charge < -0.3 is 24.1 Å². The molecule has 2 aliphatic carbocycles. The second-order valence-corrected chi connectivity index (χ2v) is 14.3. The first-order valence-corrected chi connectivity index (χ1v) is 16.4. The summed E-state index contributed by atoms with van der Waals surface area (Å²) in [4.78, 5) is 24.0. The highest BCUT2D eigenvalue weighted by molar-refractivity contribution is 6.30. The zero-order valence-electron chi connectivity index (χ0n) is 25.9. The van der Waals surface area contributed by atoms with E-state index < -0.39 is 17.2 Å². The van der Waals surface area contributed by atoms with Gasteiger partial charge >= 0.3 is 11.9 Å². The van der Waals surface area contributed by atoms with E-state index in [9.17, 15) is 14.7 Å². The Hall–Kier alpha value is -2.16. The number of hydrogen-bond donors (Lipinski definition) is 1. The number of esters is 1. The molecule has 2 saturated carbocycles. The lowest BCUT2D eigenvalue weighted by molar-refractivity contribution is -0.262. The molecule has 2 aromatic carbocycles. The van der Waals surface area contributed by atoms with Gasteiger partial charge in [-0.05, 0) is 86.8 Å². The minimum atomic E-state index is -0.980. The smallest absolute Gasteiger partial charge is 0.339 e. The second-order valence-electron chi connectivity index (χ2n) is 13.4. The number of halogens is 2. The largest absolute Gasteiger partial charge is 0.479 e. The molecular weight excluding hydrogens is 603 g/mol. The van der Waals surface area contributed by atoms with E-state index in [-0.39, 0.29) is 28.6 Å². The summed E-state index contributed by atoms with van der Waals surface area (Å²) in [5.41, 5.74) is 0.304. The average molecular weight is 648 g/mol. The molecule has 0 aromatic heterocycles. The predicted molar refractivity (Wildman–Crippen MR) is 169 cm³/mol. The highest BCUT2D eigenvalue weighted by Crippen LogP contribution is 2.61. The molecule has 9 heteroatoms. The number of benzene rings is 2. The van der Waals surface area contributed by atoms with E-state index in [1.165, 1.54) is 25.5 Å². The van der Waals surface area contributed by atoms with Crippen molar-refractivity contribution in [2.45, 2.75) is 76.4 Å². The number of carbonyl (C=O) groups is 2. The monoisotopic (exact) mass is 646 g/mol. The highest BCUT2D eigenvalue weighted by atomic mass is 35.5. The van der Waals surface area contributed by atoms with Crippen molar-refractivity contribution in [1.29, 1.82) is 0 Å². The number of aliphatic carboxylic acids is 1. The zero-order valence-corrected chi connectivity index (χ0v) is 27.4. The third-order valence-electron chi connectivity index (χ3n) is 10.7. The average Bonchev–Trinajstić information content (AvgIpc) is 3.69. The first-order valence-electron chi connectivity index (χ1n) is 15.7. The zero-order chi connectivity index (χ0) is 31.6. The van der Waals surface area contributed by atoms with Crippen LogP contribution in [0.15, 0.2) is 48.5 Å². The van der Waals surface area contributed by atoms with E-state index in [2.05, 4.69) is 6.92 Å². The number of carboxylic acid groups (broad SMARTS) is 1. The fourth-order valence-corrected chi connectivity index (χ4v) is 8.26. The lowest BCUT2D eigenvalue weighted by atomic mass is 9.67. The molecule has 5 fully saturated rings. The minimum Gasteiger partial charge on any atom is -0.479 e. The molecular formula is C35H44Cl2O7. The first-order chi connectivity index (χ1) is 21.0. The molecule has 1 N–H and O–H groups in total. The maximum absolute atomic E-state index is 12.3. The summed E-state index contributed by atoms with van der Waals surface area (Å²) in [6.07, 6.45) is 7.96. The van der Waals surface area contributed by atoms with Gasteiger partial charge in [0.15, 0.2) is 11.2 Å². The summed E-state index contributed by atoms with van der Waals surface area (Å²) in [7, 11) is 1.44. The Morgan fingerprint density at radius 3 is 1.57 bits per heavy atom. The van der Waals surface area contributed by atoms with Gasteiger partial charge in [-0.25, -0.2) is 9.59 Å². The number of ether oxygens (including phenoxy) is 4. The van der Waals surface area contributed by atoms with Crippen LogP contribution in [0.3, 0.4) is 0 Å². The molecule has 44 heavy (non-hydrogen) atoms. The van der Waals surface area contributed by atoms with Crippen molar-refractivity contribution in [3.05, 3.63) is 69.7 Å². The van der Waals surface area contributed by atoms with Crippen molar-refractivity contribution < 1.29 is 33.6 Å². The van der Waals surface area contributed by atoms with Gasteiger partial charge in [0.25, 0.3) is 0 Å². The van der Waals surface area contributed by atoms with Crippen LogP contribution in [0.1, 0.15) is 63.5 Å². The van der Waals surface area contributed by atoms with Gasteiger partial charge in [0.05, 0.1) is 20.3 Å². The molecule has 7 nitrogen and oxygen atoms in total. The molecule has 0 radical (unpaired) electrons. The molecule has 5 aliphatic rings. The third-order valence-corrected chi connectivity index (χ3v) is 11.2. The van der Waals surface area contributed by atoms with Crippen LogP contribution in [0.25, 0.3) is 0 Å². The Balaban J connectivity index is 0.000000151. The van der Waals surface area contributed by atoms with Crippen molar-refractivity contribution in [2.75, 3.05) is 33.5 Å². The second kappa shape index (κ2) is 13.3. The maximum atomic E-state index is 12.3. The summed E-state index contributed by atoms with van der Waals surface area (Å²) in [6, 6.07) is 15.4. The summed E-state index contributed by atoms with van der Waals surface area (Å²) in [5, 5.41) is 11.0. The Morgan fingerprint density at radius 2 is 1.23 bits per heavy atom. The van der Waals surface area contributed by atoms with E-state index in [1.54, 1.807) is 0 Å². The van der Waals surface area contributed by atoms with Crippen molar-refractivity contribution in [3.8, 4) is 0 Å². The summed E-state index contributed by atoms with van der Waals surface area (Å²) >= 11 is 11.8. The van der Waals surface area contributed by atoms with Crippen LogP contribution in [-0.2, 0) is 41.4 Å². The lowest BCUT2D eigenvalue weighted by Gasteiger charge is -2.53. The van der Waals surface area contributed by atoms with Crippen LogP contribution in [0, 0.1) is 22.7 Å². The Bertz CT molecular complexity index is 1310. The van der Waals surface area contributed by atoms with Crippen LogP contribution in [-0.4, -0.2) is 61.8 Å². The Morgan fingerprint density at radius 1 is 0.795 bits per heavy atom. The number of carboxylic acids is 1. The fourth-order valence-electron chi connectivity index (χ4n) is 8.01. The van der Waals surface area contributed by atoms with Gasteiger partial charge in [0.2, 0.25) is 0 Å². The van der Waals surface area contributed by atoms with Crippen LogP contribution in [0.2, 0.25) is 10.0 Å². The fraction of sp³-hybridized carbons (Fsp3) is 0.600. The summed E-state index contributed by atoms with van der Waals surface area (Å²) < 4.78 is 21.4. The van der Waals surface area contributed by atoms with Crippen LogP contribution < -0.4 is 0 Å². The molecule has 7 rings (SSSR count). The van der Waals surface area contributed by atoms with E-state index >= 15 is 0 Å². The van der Waals surface area contributed by atoms with Gasteiger partial charge in [-0.1, -0.05) is 61.3 Å². The van der Waals surface area contributed by atoms with Gasteiger partial charge in [-0.15, -0.1) is 0 Å². The normalized spacial score (nSPS) is 34.6. The van der Waals surface area contributed by atoms with Crippen molar-refractivity contribution in [2.24, 2.45) is 22.7 Å². The lowest BCUT2D eigenvalue weighted by Crippen LogP contribution is -2.66. The Labute approximate surface area is 270 Å². The standard InChI is InChI=1S/C16H19ClO3.C15H17ClO3.C4H8O/c1-15-8-7-12(9-11-3-5-13(17)6-4-11)16(15,20-10-15)14(18)19-2;1-14-7-6-11(15(14,13(17)18)19-9-14)8-10-2-4-12(16)5-3-10;1-2-4-5-3-1/h3-6,12H,7-10H2,1-2H3;2-5,11H,6-9H2,1H3,(H,17,18);1-4H2/t12?,15-,16+;11?,14-,15+;/m00./s1. The van der Waals surface area contributed by atoms with E-state index in [0.29, 0.717) is 18.2 Å². The van der Waals surface area contributed by atoms with E-state index in [1.807, 2.05) is 55.5 Å². The molecule has 3 aliphatic heterocycles. The molecule has 6 atom stereocenters. The molecule has 3 saturated heterocycles. The molecule has 2 aromatic rings. The van der Waals surface area contributed by atoms with Crippen molar-refractivity contribution >= 4 is 35.1 Å². The number of hydrogen-bond acceptors (Lipinski definition) is 6. The highest BCUT2D eigenvalue weighted by Gasteiger charge is 2.71. The summed E-state index contributed by atoms with van der Waals surface area (Å²) in [6.45, 7) is 7.39. The molecule has 0 bridgehead atoms. The minimum absolute atomic E-state index is 0.0462. The van der Waals surface area contributed by atoms with Crippen LogP contribution >= 0.6 is 23.2 Å². The quantitative estimate of drug-likeness (QED) is 0.332. The van der Waals surface area contributed by atoms with Gasteiger partial charge in [0.1, 0.15) is 0 Å². The van der Waals surface area contributed by atoms with Crippen LogP contribution in [0.4, 0.5) is 0 Å². The van der Waals surface area contributed by atoms with Gasteiger partial charge in [-0.3, -0.25) is 0 Å². The molecule has 3 heterocycles. The SMILES string of the molecule is C1CCOC1.COC(=O)[C@@]12OC[C@]1(C)CCC2Cc1ccc(Cl)cc1.C[C@@]12CCC(Cc3ccc(Cl)cc3)[C@]1(C(=O)O)OC2. The van der Waals surface area contributed by atoms with Gasteiger partial charge in [0, 0.05) is 45.9 Å². The van der Waals surface area contributed by atoms with Gasteiger partial charge in [-0.2, -0.15) is 0 Å². The number of rotatable bonds is 6. The molecule has 240 valence electrons. The summed E-state index contributed by atoms with van der Waals surface area (Å²) in [5.74, 6) is -0.805. The molecule has 0 spiro atoms. The van der Waals surface area contributed by atoms with Crippen molar-refractivity contribution in [1.82, 2.24) is 0 Å². The third kappa shape index (κ3) is 5.91. The molecule has 0 amide bonds. The van der Waals surface area contributed by atoms with Crippen LogP contribution in [0.5, 0.6) is 0 Å². The number of methoxy groups -OCH3 is 1. The van der Waals surface area contributed by atoms with Crippen molar-refractivity contribution in [3.63, 3.8) is 0 Å². The Kier molecular flexibility index (Phi) is 10.0. The predicted octanol–water partition coefficient (Wildman–Crippen LogP) is 7.19. The first kappa shape index (κ1) is 33.2. The molecule has 2 unspecified atom stereocenters. The number of fused-ring (bicyclic) bond motifs is 2. The maximum Gasteiger partial charge on any atom is 0.339 e. The topological polar surface area (TPSA) is 91.3 Å².